The lowest BCUT2D eigenvalue weighted by atomic mass is 9.79. The molecule has 1 spiro atoms. The van der Waals surface area contributed by atoms with Gasteiger partial charge in [-0.15, -0.1) is 0 Å². The lowest BCUT2D eigenvalue weighted by Gasteiger charge is -2.50. The van der Waals surface area contributed by atoms with Gasteiger partial charge < -0.3 is 5.32 Å². The average molecular weight is 245 g/mol. The second kappa shape index (κ2) is 5.37. The van der Waals surface area contributed by atoms with Gasteiger partial charge in [-0.2, -0.15) is 0 Å². The molecule has 2 fully saturated rings. The molecule has 2 heterocycles. The molecule has 0 aromatic carbocycles. The molecule has 0 bridgehead atoms. The van der Waals surface area contributed by atoms with E-state index in [1.807, 2.05) is 18.5 Å². The van der Waals surface area contributed by atoms with Gasteiger partial charge in [0.05, 0.1) is 0 Å². The van der Waals surface area contributed by atoms with Crippen LogP contribution in [-0.2, 0) is 6.54 Å². The van der Waals surface area contributed by atoms with Crippen molar-refractivity contribution in [2.75, 3.05) is 19.6 Å². The van der Waals surface area contributed by atoms with Crippen molar-refractivity contribution in [3.05, 3.63) is 30.1 Å². The summed E-state index contributed by atoms with van der Waals surface area (Å²) in [6.45, 7) is 4.54. The molecular weight excluding hydrogens is 222 g/mol. The lowest BCUT2D eigenvalue weighted by Crippen LogP contribution is -2.61. The van der Waals surface area contributed by atoms with Crippen LogP contribution >= 0.6 is 0 Å². The smallest absolute Gasteiger partial charge is 0.0338 e. The van der Waals surface area contributed by atoms with Crippen LogP contribution in [0.1, 0.15) is 37.7 Å². The lowest BCUT2D eigenvalue weighted by molar-refractivity contribution is 0.0208. The van der Waals surface area contributed by atoms with Gasteiger partial charge in [0.2, 0.25) is 0 Å². The molecule has 1 N–H and O–H groups in total. The van der Waals surface area contributed by atoms with Gasteiger partial charge in [0, 0.05) is 44.1 Å². The third-order valence-corrected chi connectivity index (χ3v) is 4.56. The predicted octanol–water partition coefficient (Wildman–Crippen LogP) is 2.19. The van der Waals surface area contributed by atoms with E-state index >= 15 is 0 Å². The first kappa shape index (κ1) is 12.1. The fourth-order valence-corrected chi connectivity index (χ4v) is 3.55. The second-order valence-corrected chi connectivity index (χ2v) is 5.74. The van der Waals surface area contributed by atoms with E-state index in [-0.39, 0.29) is 0 Å². The summed E-state index contributed by atoms with van der Waals surface area (Å²) in [6.07, 6.45) is 10.8. The van der Waals surface area contributed by atoms with Gasteiger partial charge in [0.1, 0.15) is 0 Å². The first-order valence-electron chi connectivity index (χ1n) is 7.24. The normalized spacial score (nSPS) is 24.2. The van der Waals surface area contributed by atoms with Crippen molar-refractivity contribution in [3.63, 3.8) is 0 Å². The van der Waals surface area contributed by atoms with Crippen molar-refractivity contribution >= 4 is 0 Å². The van der Waals surface area contributed by atoms with Crippen molar-refractivity contribution in [1.82, 2.24) is 15.2 Å². The Bertz CT molecular complexity index is 362. The molecule has 3 nitrogen and oxygen atoms in total. The maximum absolute atomic E-state index is 4.24. The zero-order chi connectivity index (χ0) is 12.3. The van der Waals surface area contributed by atoms with Crippen molar-refractivity contribution in [3.8, 4) is 0 Å². The Kier molecular flexibility index (Phi) is 3.62. The Morgan fingerprint density at radius 1 is 1.28 bits per heavy atom. The van der Waals surface area contributed by atoms with E-state index in [4.69, 9.17) is 0 Å². The van der Waals surface area contributed by atoms with Crippen LogP contribution < -0.4 is 5.32 Å². The maximum atomic E-state index is 4.24. The standard InChI is InChI=1S/C15H23N3/c1-2-6-15(7-3-1)13-17-9-10-18(15)12-14-5-4-8-16-11-14/h4-5,8,11,17H,1-3,6-7,9-10,12-13H2. The molecule has 1 saturated carbocycles. The van der Waals surface area contributed by atoms with Crippen LogP contribution in [0.25, 0.3) is 0 Å². The number of nitrogens with one attached hydrogen (secondary N) is 1. The molecule has 0 radical (unpaired) electrons. The molecule has 1 aliphatic carbocycles. The second-order valence-electron chi connectivity index (χ2n) is 5.74. The van der Waals surface area contributed by atoms with E-state index in [1.165, 1.54) is 50.8 Å². The molecule has 0 amide bonds. The Morgan fingerprint density at radius 2 is 2.17 bits per heavy atom. The van der Waals surface area contributed by atoms with Crippen LogP contribution in [0.2, 0.25) is 0 Å². The quantitative estimate of drug-likeness (QED) is 0.865. The Labute approximate surface area is 110 Å². The minimum absolute atomic E-state index is 0.423. The van der Waals surface area contributed by atoms with E-state index < -0.39 is 0 Å². The topological polar surface area (TPSA) is 28.2 Å². The van der Waals surface area contributed by atoms with Crippen LogP contribution in [0.3, 0.4) is 0 Å². The van der Waals surface area contributed by atoms with E-state index in [2.05, 4.69) is 21.3 Å². The highest BCUT2D eigenvalue weighted by Gasteiger charge is 2.39. The molecule has 1 aromatic rings. The highest BCUT2D eigenvalue weighted by molar-refractivity contribution is 5.10. The van der Waals surface area contributed by atoms with E-state index in [9.17, 15) is 0 Å². The van der Waals surface area contributed by atoms with Crippen molar-refractivity contribution in [2.45, 2.75) is 44.2 Å². The summed E-state index contributed by atoms with van der Waals surface area (Å²) >= 11 is 0. The predicted molar refractivity (Wildman–Crippen MR) is 73.3 cm³/mol. The molecule has 2 aliphatic rings. The Hall–Kier alpha value is -0.930. The molecule has 3 heteroatoms. The molecular formula is C15H23N3. The summed E-state index contributed by atoms with van der Waals surface area (Å²) in [5, 5.41) is 3.60. The summed E-state index contributed by atoms with van der Waals surface area (Å²) < 4.78 is 0. The minimum Gasteiger partial charge on any atom is -0.314 e. The largest absolute Gasteiger partial charge is 0.314 e. The van der Waals surface area contributed by atoms with E-state index in [0.29, 0.717) is 5.54 Å². The van der Waals surface area contributed by atoms with Crippen LogP contribution in [0.4, 0.5) is 0 Å². The number of pyridine rings is 1. The molecule has 98 valence electrons. The number of rotatable bonds is 2. The molecule has 1 saturated heterocycles. The number of piperazine rings is 1. The highest BCUT2D eigenvalue weighted by atomic mass is 15.3. The zero-order valence-corrected chi connectivity index (χ0v) is 11.1. The van der Waals surface area contributed by atoms with E-state index in [0.717, 1.165) is 13.1 Å². The van der Waals surface area contributed by atoms with Gasteiger partial charge in [0.25, 0.3) is 0 Å². The van der Waals surface area contributed by atoms with Crippen LogP contribution in [0.5, 0.6) is 0 Å². The van der Waals surface area contributed by atoms with Gasteiger partial charge in [-0.05, 0) is 24.5 Å². The van der Waals surface area contributed by atoms with Crippen molar-refractivity contribution in [1.29, 1.82) is 0 Å². The molecule has 18 heavy (non-hydrogen) atoms. The monoisotopic (exact) mass is 245 g/mol. The molecule has 1 aliphatic heterocycles. The summed E-state index contributed by atoms with van der Waals surface area (Å²) in [7, 11) is 0. The highest BCUT2D eigenvalue weighted by Crippen LogP contribution is 2.35. The first-order chi connectivity index (χ1) is 8.89. The van der Waals surface area contributed by atoms with Gasteiger partial charge in [-0.3, -0.25) is 9.88 Å². The number of nitrogens with zero attached hydrogens (tertiary/aromatic N) is 2. The van der Waals surface area contributed by atoms with Crippen molar-refractivity contribution in [2.24, 2.45) is 0 Å². The number of hydrogen-bond acceptors (Lipinski definition) is 3. The number of aromatic nitrogens is 1. The van der Waals surface area contributed by atoms with Crippen LogP contribution in [-0.4, -0.2) is 35.1 Å². The fraction of sp³-hybridized carbons (Fsp3) is 0.667. The van der Waals surface area contributed by atoms with Gasteiger partial charge in [-0.25, -0.2) is 0 Å². The molecule has 0 atom stereocenters. The first-order valence-corrected chi connectivity index (χ1v) is 7.24. The minimum atomic E-state index is 0.423. The van der Waals surface area contributed by atoms with Crippen molar-refractivity contribution < 1.29 is 0 Å². The zero-order valence-electron chi connectivity index (χ0n) is 11.1. The SMILES string of the molecule is c1cncc(CN2CCNCC23CCCCC3)c1. The third kappa shape index (κ3) is 2.43. The van der Waals surface area contributed by atoms with Crippen LogP contribution in [0, 0.1) is 0 Å². The summed E-state index contributed by atoms with van der Waals surface area (Å²) in [5.74, 6) is 0. The average Bonchev–Trinajstić information content (AvgIpc) is 2.44. The number of hydrogen-bond donors (Lipinski definition) is 1. The van der Waals surface area contributed by atoms with Gasteiger partial charge >= 0.3 is 0 Å². The third-order valence-electron chi connectivity index (χ3n) is 4.56. The summed E-state index contributed by atoms with van der Waals surface area (Å²) in [4.78, 5) is 6.95. The Morgan fingerprint density at radius 3 is 2.94 bits per heavy atom. The fourth-order valence-electron chi connectivity index (χ4n) is 3.55. The summed E-state index contributed by atoms with van der Waals surface area (Å²) in [6, 6.07) is 4.25. The van der Waals surface area contributed by atoms with Gasteiger partial charge in [-0.1, -0.05) is 25.3 Å². The summed E-state index contributed by atoms with van der Waals surface area (Å²) in [5.41, 5.74) is 1.77. The maximum Gasteiger partial charge on any atom is 0.0338 e. The van der Waals surface area contributed by atoms with Crippen LogP contribution in [0.15, 0.2) is 24.5 Å². The van der Waals surface area contributed by atoms with Gasteiger partial charge in [0.15, 0.2) is 0 Å². The van der Waals surface area contributed by atoms with E-state index in [1.54, 1.807) is 0 Å². The molecule has 3 rings (SSSR count). The Balaban J connectivity index is 1.75. The molecule has 0 unspecified atom stereocenters. The molecule has 1 aromatic heterocycles.